The van der Waals surface area contributed by atoms with Crippen LogP contribution in [0.1, 0.15) is 18.2 Å². The van der Waals surface area contributed by atoms with E-state index < -0.39 is 0 Å². The van der Waals surface area contributed by atoms with Gasteiger partial charge in [-0.1, -0.05) is 12.1 Å². The number of aromatic hydroxyl groups is 1. The van der Waals surface area contributed by atoms with Gasteiger partial charge in [-0.05, 0) is 30.5 Å². The number of phenols is 1. The molecule has 0 saturated heterocycles. The third-order valence-corrected chi connectivity index (χ3v) is 3.22. The summed E-state index contributed by atoms with van der Waals surface area (Å²) in [6.07, 6.45) is 1.61. The van der Waals surface area contributed by atoms with Crippen LogP contribution in [0.5, 0.6) is 5.75 Å². The quantitative estimate of drug-likeness (QED) is 0.890. The standard InChI is InChI=1S/C13H14N2O2S/c1-9(16)14-13-15-11(8-18-13)6-5-10-3-2-4-12(17)7-10/h2-4,7-8,17H,5-6H2,1H3,(H,14,15,16). The second kappa shape index (κ2) is 5.64. The SMILES string of the molecule is CC(=O)Nc1nc(CCc2cccc(O)c2)cs1. The highest BCUT2D eigenvalue weighted by atomic mass is 32.1. The Labute approximate surface area is 109 Å². The Morgan fingerprint density at radius 2 is 2.28 bits per heavy atom. The van der Waals surface area contributed by atoms with E-state index in [0.717, 1.165) is 24.1 Å². The number of hydrogen-bond acceptors (Lipinski definition) is 4. The molecule has 0 aliphatic rings. The molecule has 0 bridgehead atoms. The number of rotatable bonds is 4. The molecule has 1 aromatic heterocycles. The summed E-state index contributed by atoms with van der Waals surface area (Å²) in [4.78, 5) is 15.2. The van der Waals surface area contributed by atoms with E-state index in [-0.39, 0.29) is 11.7 Å². The molecule has 0 spiro atoms. The van der Waals surface area contributed by atoms with Gasteiger partial charge in [-0.3, -0.25) is 4.79 Å². The maximum atomic E-state index is 10.9. The van der Waals surface area contributed by atoms with Gasteiger partial charge in [0.05, 0.1) is 5.69 Å². The van der Waals surface area contributed by atoms with E-state index in [9.17, 15) is 9.90 Å². The lowest BCUT2D eigenvalue weighted by atomic mass is 10.1. The summed E-state index contributed by atoms with van der Waals surface area (Å²) >= 11 is 1.42. The second-order valence-corrected chi connectivity index (χ2v) is 4.85. The largest absolute Gasteiger partial charge is 0.508 e. The summed E-state index contributed by atoms with van der Waals surface area (Å²) < 4.78 is 0. The van der Waals surface area contributed by atoms with Crippen molar-refractivity contribution in [2.75, 3.05) is 5.32 Å². The van der Waals surface area contributed by atoms with E-state index in [1.165, 1.54) is 18.3 Å². The Morgan fingerprint density at radius 3 is 3.00 bits per heavy atom. The van der Waals surface area contributed by atoms with Gasteiger partial charge < -0.3 is 10.4 Å². The third-order valence-electron chi connectivity index (χ3n) is 2.42. The van der Waals surface area contributed by atoms with Gasteiger partial charge in [0.2, 0.25) is 5.91 Å². The van der Waals surface area contributed by atoms with Crippen LogP contribution in [-0.4, -0.2) is 16.0 Å². The normalized spacial score (nSPS) is 10.3. The van der Waals surface area contributed by atoms with Crippen LogP contribution in [-0.2, 0) is 17.6 Å². The van der Waals surface area contributed by atoms with Gasteiger partial charge in [0.15, 0.2) is 5.13 Å². The van der Waals surface area contributed by atoms with Crippen molar-refractivity contribution >= 4 is 22.4 Å². The molecule has 1 amide bonds. The maximum absolute atomic E-state index is 10.9. The molecule has 18 heavy (non-hydrogen) atoms. The third kappa shape index (κ3) is 3.56. The number of nitrogens with one attached hydrogen (secondary N) is 1. The number of phenolic OH excluding ortho intramolecular Hbond substituents is 1. The minimum atomic E-state index is -0.108. The lowest BCUT2D eigenvalue weighted by Crippen LogP contribution is -2.05. The zero-order valence-corrected chi connectivity index (χ0v) is 10.8. The van der Waals surface area contributed by atoms with Gasteiger partial charge in [0.25, 0.3) is 0 Å². The molecule has 0 saturated carbocycles. The number of hydrogen-bond donors (Lipinski definition) is 2. The molecule has 0 fully saturated rings. The predicted molar refractivity (Wildman–Crippen MR) is 71.9 cm³/mol. The van der Waals surface area contributed by atoms with Crippen LogP contribution in [0.3, 0.4) is 0 Å². The van der Waals surface area contributed by atoms with Crippen molar-refractivity contribution in [3.05, 3.63) is 40.9 Å². The summed E-state index contributed by atoms with van der Waals surface area (Å²) in [5, 5.41) is 14.6. The number of thiazole rings is 1. The lowest BCUT2D eigenvalue weighted by Gasteiger charge is -2.00. The topological polar surface area (TPSA) is 62.2 Å². The minimum absolute atomic E-state index is 0.108. The molecule has 1 aromatic carbocycles. The summed E-state index contributed by atoms with van der Waals surface area (Å²) in [5.41, 5.74) is 2.02. The molecule has 1 heterocycles. The first-order chi connectivity index (χ1) is 8.63. The molecule has 94 valence electrons. The summed E-state index contributed by atoms with van der Waals surface area (Å²) in [5.74, 6) is 0.175. The van der Waals surface area contributed by atoms with Gasteiger partial charge in [-0.2, -0.15) is 0 Å². The van der Waals surface area contributed by atoms with Crippen molar-refractivity contribution in [3.63, 3.8) is 0 Å². The lowest BCUT2D eigenvalue weighted by molar-refractivity contribution is -0.114. The van der Waals surface area contributed by atoms with Crippen molar-refractivity contribution in [1.82, 2.24) is 4.98 Å². The number of carbonyl (C=O) groups excluding carboxylic acids is 1. The Morgan fingerprint density at radius 1 is 1.44 bits per heavy atom. The monoisotopic (exact) mass is 262 g/mol. The summed E-state index contributed by atoms with van der Waals surface area (Å²) in [6.45, 7) is 1.47. The molecule has 0 aliphatic carbocycles. The van der Waals surface area contributed by atoms with Gasteiger partial charge >= 0.3 is 0 Å². The predicted octanol–water partition coefficient (Wildman–Crippen LogP) is 2.59. The van der Waals surface area contributed by atoms with Crippen molar-refractivity contribution in [1.29, 1.82) is 0 Å². The van der Waals surface area contributed by atoms with Crippen LogP contribution in [0.2, 0.25) is 0 Å². The van der Waals surface area contributed by atoms with Crippen molar-refractivity contribution in [2.24, 2.45) is 0 Å². The van der Waals surface area contributed by atoms with Crippen LogP contribution < -0.4 is 5.32 Å². The number of anilines is 1. The molecule has 5 heteroatoms. The Bertz CT molecular complexity index is 551. The number of benzene rings is 1. The Kier molecular flexibility index (Phi) is 3.94. The Balaban J connectivity index is 1.94. The molecule has 2 aromatic rings. The molecule has 0 atom stereocenters. The maximum Gasteiger partial charge on any atom is 0.223 e. The smallest absolute Gasteiger partial charge is 0.223 e. The van der Waals surface area contributed by atoms with Crippen LogP contribution in [0.4, 0.5) is 5.13 Å². The van der Waals surface area contributed by atoms with Crippen LogP contribution in [0, 0.1) is 0 Å². The van der Waals surface area contributed by atoms with Crippen LogP contribution in [0.25, 0.3) is 0 Å². The molecule has 4 nitrogen and oxygen atoms in total. The fourth-order valence-corrected chi connectivity index (χ4v) is 2.41. The highest BCUT2D eigenvalue weighted by Crippen LogP contribution is 2.18. The van der Waals surface area contributed by atoms with Crippen molar-refractivity contribution in [3.8, 4) is 5.75 Å². The van der Waals surface area contributed by atoms with E-state index in [0.29, 0.717) is 5.13 Å². The number of carbonyl (C=O) groups is 1. The first kappa shape index (κ1) is 12.6. The van der Waals surface area contributed by atoms with Crippen molar-refractivity contribution in [2.45, 2.75) is 19.8 Å². The van der Waals surface area contributed by atoms with E-state index in [1.807, 2.05) is 17.5 Å². The van der Waals surface area contributed by atoms with Gasteiger partial charge in [0, 0.05) is 12.3 Å². The zero-order chi connectivity index (χ0) is 13.0. The fraction of sp³-hybridized carbons (Fsp3) is 0.231. The molecular formula is C13H14N2O2S. The van der Waals surface area contributed by atoms with Crippen LogP contribution >= 0.6 is 11.3 Å². The average molecular weight is 262 g/mol. The van der Waals surface area contributed by atoms with E-state index in [1.54, 1.807) is 12.1 Å². The van der Waals surface area contributed by atoms with Gasteiger partial charge in [0.1, 0.15) is 5.75 Å². The number of nitrogens with zero attached hydrogens (tertiary/aromatic N) is 1. The Hall–Kier alpha value is -1.88. The second-order valence-electron chi connectivity index (χ2n) is 4.00. The highest BCUT2D eigenvalue weighted by Gasteiger charge is 2.04. The first-order valence-electron chi connectivity index (χ1n) is 5.63. The van der Waals surface area contributed by atoms with E-state index in [4.69, 9.17) is 0 Å². The fourth-order valence-electron chi connectivity index (χ4n) is 1.61. The molecular weight excluding hydrogens is 248 g/mol. The van der Waals surface area contributed by atoms with E-state index in [2.05, 4.69) is 10.3 Å². The molecule has 0 unspecified atom stereocenters. The van der Waals surface area contributed by atoms with E-state index >= 15 is 0 Å². The van der Waals surface area contributed by atoms with Crippen molar-refractivity contribution < 1.29 is 9.90 Å². The number of aryl methyl sites for hydroxylation is 2. The molecule has 0 aliphatic heterocycles. The first-order valence-corrected chi connectivity index (χ1v) is 6.51. The number of amides is 1. The zero-order valence-electron chi connectivity index (χ0n) is 10.0. The minimum Gasteiger partial charge on any atom is -0.508 e. The molecule has 2 rings (SSSR count). The average Bonchev–Trinajstić information content (AvgIpc) is 2.73. The summed E-state index contributed by atoms with van der Waals surface area (Å²) in [7, 11) is 0. The van der Waals surface area contributed by atoms with Gasteiger partial charge in [-0.25, -0.2) is 4.98 Å². The molecule has 0 radical (unpaired) electrons. The summed E-state index contributed by atoms with van der Waals surface area (Å²) in [6, 6.07) is 7.21. The van der Waals surface area contributed by atoms with Crippen LogP contribution in [0.15, 0.2) is 29.6 Å². The number of aromatic nitrogens is 1. The van der Waals surface area contributed by atoms with Gasteiger partial charge in [-0.15, -0.1) is 11.3 Å². The highest BCUT2D eigenvalue weighted by molar-refractivity contribution is 7.13. The molecule has 2 N–H and O–H groups in total.